The second-order valence-corrected chi connectivity index (χ2v) is 5.17. The van der Waals surface area contributed by atoms with Gasteiger partial charge in [0.05, 0.1) is 5.69 Å². The van der Waals surface area contributed by atoms with Crippen LogP contribution >= 0.6 is 0 Å². The highest BCUT2D eigenvalue weighted by Gasteiger charge is 2.09. The molecule has 1 heterocycles. The van der Waals surface area contributed by atoms with Crippen molar-refractivity contribution in [2.24, 2.45) is 0 Å². The molecule has 6 heteroatoms. The Morgan fingerprint density at radius 3 is 2.67 bits per heavy atom. The molecule has 2 rings (SSSR count). The quantitative estimate of drug-likeness (QED) is 0.793. The van der Waals surface area contributed by atoms with Crippen LogP contribution in [0.15, 0.2) is 30.6 Å². The smallest absolute Gasteiger partial charge is 0.251 e. The van der Waals surface area contributed by atoms with Crippen molar-refractivity contribution in [3.8, 4) is 5.69 Å². The summed E-state index contributed by atoms with van der Waals surface area (Å²) >= 11 is 0. The fraction of sp³-hybridized carbons (Fsp3) is 0.467. The molecule has 1 aromatic carbocycles. The zero-order valence-corrected chi connectivity index (χ0v) is 12.5. The lowest BCUT2D eigenvalue weighted by Crippen LogP contribution is -2.32. The van der Waals surface area contributed by atoms with Crippen molar-refractivity contribution in [2.45, 2.75) is 45.6 Å². The number of tetrazole rings is 1. The molecule has 0 saturated carbocycles. The van der Waals surface area contributed by atoms with Crippen LogP contribution in [0, 0.1) is 0 Å². The number of hydrogen-bond donors (Lipinski definition) is 1. The van der Waals surface area contributed by atoms with Gasteiger partial charge in [0.1, 0.15) is 6.33 Å². The molecule has 1 unspecified atom stereocenters. The zero-order chi connectivity index (χ0) is 15.1. The molecule has 0 aliphatic rings. The fourth-order valence-electron chi connectivity index (χ4n) is 2.12. The van der Waals surface area contributed by atoms with Crippen molar-refractivity contribution in [3.05, 3.63) is 36.2 Å². The van der Waals surface area contributed by atoms with Gasteiger partial charge in [0.15, 0.2) is 0 Å². The minimum absolute atomic E-state index is 0.0396. The van der Waals surface area contributed by atoms with Gasteiger partial charge in [-0.2, -0.15) is 0 Å². The molecule has 0 saturated heterocycles. The first-order valence-electron chi connectivity index (χ1n) is 7.35. The Bertz CT molecular complexity index is 550. The lowest BCUT2D eigenvalue weighted by Gasteiger charge is -2.13. The van der Waals surface area contributed by atoms with Crippen LogP contribution in [-0.4, -0.2) is 32.2 Å². The number of amides is 1. The summed E-state index contributed by atoms with van der Waals surface area (Å²) in [6.07, 6.45) is 6.09. The third-order valence-electron chi connectivity index (χ3n) is 3.36. The van der Waals surface area contributed by atoms with Gasteiger partial charge < -0.3 is 5.32 Å². The Balaban J connectivity index is 1.91. The van der Waals surface area contributed by atoms with Crippen LogP contribution in [0.25, 0.3) is 5.69 Å². The lowest BCUT2D eigenvalue weighted by molar-refractivity contribution is 0.0938. The van der Waals surface area contributed by atoms with Gasteiger partial charge in [-0.15, -0.1) is 5.10 Å². The molecule has 0 aliphatic heterocycles. The Kier molecular flexibility index (Phi) is 5.43. The highest BCUT2D eigenvalue weighted by Crippen LogP contribution is 2.09. The molecule has 1 amide bonds. The van der Waals surface area contributed by atoms with Crippen LogP contribution in [-0.2, 0) is 0 Å². The average Bonchev–Trinajstić information content (AvgIpc) is 3.02. The molecule has 1 atom stereocenters. The minimum atomic E-state index is -0.0396. The molecule has 112 valence electrons. The van der Waals surface area contributed by atoms with E-state index in [1.165, 1.54) is 19.2 Å². The van der Waals surface area contributed by atoms with E-state index in [9.17, 15) is 4.79 Å². The van der Waals surface area contributed by atoms with Crippen LogP contribution < -0.4 is 5.32 Å². The molecule has 1 aromatic heterocycles. The van der Waals surface area contributed by atoms with Crippen molar-refractivity contribution >= 4 is 5.91 Å². The van der Waals surface area contributed by atoms with E-state index in [2.05, 4.69) is 27.8 Å². The van der Waals surface area contributed by atoms with Gasteiger partial charge in [-0.05, 0) is 48.0 Å². The van der Waals surface area contributed by atoms with Gasteiger partial charge >= 0.3 is 0 Å². The Morgan fingerprint density at radius 2 is 2.05 bits per heavy atom. The molecule has 0 aliphatic carbocycles. The first kappa shape index (κ1) is 15.2. The number of carbonyl (C=O) groups excluding carboxylic acids is 1. The number of unbranched alkanes of at least 4 members (excludes halogenated alkanes) is 2. The van der Waals surface area contributed by atoms with Crippen LogP contribution in [0.2, 0.25) is 0 Å². The SMILES string of the molecule is CCCCCC(C)NC(=O)c1ccc(-n2cnnn2)cc1. The highest BCUT2D eigenvalue weighted by molar-refractivity contribution is 5.94. The number of hydrogen-bond acceptors (Lipinski definition) is 4. The molecular weight excluding hydrogens is 266 g/mol. The molecule has 1 N–H and O–H groups in total. The van der Waals surface area contributed by atoms with E-state index in [-0.39, 0.29) is 11.9 Å². The summed E-state index contributed by atoms with van der Waals surface area (Å²) in [5, 5.41) is 14.0. The second kappa shape index (κ2) is 7.52. The molecule has 2 aromatic rings. The summed E-state index contributed by atoms with van der Waals surface area (Å²) in [4.78, 5) is 12.1. The van der Waals surface area contributed by atoms with E-state index in [1.807, 2.05) is 19.1 Å². The number of carbonyl (C=O) groups is 1. The molecule has 6 nitrogen and oxygen atoms in total. The van der Waals surface area contributed by atoms with Crippen molar-refractivity contribution < 1.29 is 4.79 Å². The predicted octanol–water partition coefficient (Wildman–Crippen LogP) is 2.36. The summed E-state index contributed by atoms with van der Waals surface area (Å²) < 4.78 is 1.55. The summed E-state index contributed by atoms with van der Waals surface area (Å²) in [6.45, 7) is 4.22. The number of benzene rings is 1. The van der Waals surface area contributed by atoms with Crippen LogP contribution in [0.1, 0.15) is 49.9 Å². The first-order valence-corrected chi connectivity index (χ1v) is 7.35. The third kappa shape index (κ3) is 4.37. The van der Waals surface area contributed by atoms with Gasteiger partial charge in [0, 0.05) is 11.6 Å². The normalized spacial score (nSPS) is 12.1. The standard InChI is InChI=1S/C15H21N5O/c1-3-4-5-6-12(2)17-15(21)13-7-9-14(10-8-13)20-11-16-18-19-20/h7-12H,3-6H2,1-2H3,(H,17,21). The Morgan fingerprint density at radius 1 is 1.29 bits per heavy atom. The molecule has 0 fully saturated rings. The van der Waals surface area contributed by atoms with Gasteiger partial charge in [0.25, 0.3) is 5.91 Å². The number of rotatable bonds is 7. The van der Waals surface area contributed by atoms with Gasteiger partial charge in [-0.25, -0.2) is 4.68 Å². The van der Waals surface area contributed by atoms with Gasteiger partial charge in [-0.1, -0.05) is 26.2 Å². The Labute approximate surface area is 124 Å². The largest absolute Gasteiger partial charge is 0.350 e. The molecule has 21 heavy (non-hydrogen) atoms. The van der Waals surface area contributed by atoms with Crippen LogP contribution in [0.5, 0.6) is 0 Å². The molecule has 0 bridgehead atoms. The number of nitrogens with zero attached hydrogens (tertiary/aromatic N) is 4. The monoisotopic (exact) mass is 287 g/mol. The Hall–Kier alpha value is -2.24. The fourth-order valence-corrected chi connectivity index (χ4v) is 2.12. The van der Waals surface area contributed by atoms with Crippen LogP contribution in [0.4, 0.5) is 0 Å². The first-order chi connectivity index (χ1) is 10.2. The summed E-state index contributed by atoms with van der Waals surface area (Å²) in [5.74, 6) is -0.0396. The molecule has 0 spiro atoms. The number of nitrogens with one attached hydrogen (secondary N) is 1. The number of aromatic nitrogens is 4. The maximum Gasteiger partial charge on any atom is 0.251 e. The van der Waals surface area contributed by atoms with E-state index in [4.69, 9.17) is 0 Å². The maximum absolute atomic E-state index is 12.1. The average molecular weight is 287 g/mol. The summed E-state index contributed by atoms with van der Waals surface area (Å²) in [6, 6.07) is 7.42. The van der Waals surface area contributed by atoms with Crippen molar-refractivity contribution in [1.82, 2.24) is 25.5 Å². The highest BCUT2D eigenvalue weighted by atomic mass is 16.1. The topological polar surface area (TPSA) is 72.7 Å². The van der Waals surface area contributed by atoms with E-state index in [0.717, 1.165) is 18.5 Å². The van der Waals surface area contributed by atoms with Crippen LogP contribution in [0.3, 0.4) is 0 Å². The van der Waals surface area contributed by atoms with Crippen molar-refractivity contribution in [3.63, 3.8) is 0 Å². The van der Waals surface area contributed by atoms with Gasteiger partial charge in [-0.3, -0.25) is 4.79 Å². The van der Waals surface area contributed by atoms with E-state index in [0.29, 0.717) is 5.56 Å². The van der Waals surface area contributed by atoms with E-state index < -0.39 is 0 Å². The molecular formula is C15H21N5O. The van der Waals surface area contributed by atoms with E-state index >= 15 is 0 Å². The van der Waals surface area contributed by atoms with Crippen molar-refractivity contribution in [2.75, 3.05) is 0 Å². The minimum Gasteiger partial charge on any atom is -0.350 e. The maximum atomic E-state index is 12.1. The molecule has 0 radical (unpaired) electrons. The second-order valence-electron chi connectivity index (χ2n) is 5.17. The lowest BCUT2D eigenvalue weighted by atomic mass is 10.1. The van der Waals surface area contributed by atoms with Gasteiger partial charge in [0.2, 0.25) is 0 Å². The summed E-state index contributed by atoms with van der Waals surface area (Å²) in [5.41, 5.74) is 1.47. The van der Waals surface area contributed by atoms with Crippen molar-refractivity contribution in [1.29, 1.82) is 0 Å². The van der Waals surface area contributed by atoms with E-state index in [1.54, 1.807) is 16.8 Å². The zero-order valence-electron chi connectivity index (χ0n) is 12.5. The predicted molar refractivity (Wildman–Crippen MR) is 80.2 cm³/mol. The summed E-state index contributed by atoms with van der Waals surface area (Å²) in [7, 11) is 0. The third-order valence-corrected chi connectivity index (χ3v) is 3.36.